The van der Waals surface area contributed by atoms with Crippen LogP contribution >= 0.6 is 0 Å². The summed E-state index contributed by atoms with van der Waals surface area (Å²) in [6, 6.07) is 16.6. The van der Waals surface area contributed by atoms with E-state index in [2.05, 4.69) is 24.0 Å². The highest BCUT2D eigenvalue weighted by molar-refractivity contribution is 5.79. The fraction of sp³-hybridized carbons (Fsp3) is 0.273. The Hall–Kier alpha value is -3.28. The van der Waals surface area contributed by atoms with Crippen molar-refractivity contribution in [3.63, 3.8) is 0 Å². The van der Waals surface area contributed by atoms with Crippen LogP contribution in [0.15, 0.2) is 63.8 Å². The number of aryl methyl sites for hydroxylation is 1. The number of anilines is 1. The summed E-state index contributed by atoms with van der Waals surface area (Å²) in [5, 5.41) is 0.811. The van der Waals surface area contributed by atoms with Crippen LogP contribution in [0.1, 0.15) is 5.56 Å². The van der Waals surface area contributed by atoms with Crippen molar-refractivity contribution in [3.8, 4) is 5.75 Å². The summed E-state index contributed by atoms with van der Waals surface area (Å²) in [5.41, 5.74) is 2.51. The molecular formula is C22H22N2O4. The van der Waals surface area contributed by atoms with Crippen molar-refractivity contribution in [2.75, 3.05) is 37.7 Å². The van der Waals surface area contributed by atoms with Gasteiger partial charge in [0.15, 0.2) is 6.61 Å². The third-order valence-electron chi connectivity index (χ3n) is 5.05. The number of hydrogen-bond acceptors (Lipinski definition) is 5. The molecule has 0 radical (unpaired) electrons. The first-order chi connectivity index (χ1) is 13.6. The highest BCUT2D eigenvalue weighted by atomic mass is 16.5. The van der Waals surface area contributed by atoms with E-state index in [0.29, 0.717) is 24.4 Å². The van der Waals surface area contributed by atoms with E-state index in [1.54, 1.807) is 24.3 Å². The van der Waals surface area contributed by atoms with Gasteiger partial charge in [-0.3, -0.25) is 4.79 Å². The van der Waals surface area contributed by atoms with Crippen LogP contribution in [0.4, 0.5) is 5.69 Å². The normalized spacial score (nSPS) is 14.3. The number of hydrogen-bond donors (Lipinski definition) is 0. The molecule has 0 atom stereocenters. The zero-order chi connectivity index (χ0) is 19.5. The monoisotopic (exact) mass is 378 g/mol. The summed E-state index contributed by atoms with van der Waals surface area (Å²) >= 11 is 0. The lowest BCUT2D eigenvalue weighted by Gasteiger charge is -2.36. The third kappa shape index (κ3) is 3.86. The van der Waals surface area contributed by atoms with Gasteiger partial charge in [0.05, 0.1) is 0 Å². The summed E-state index contributed by atoms with van der Waals surface area (Å²) in [6.45, 7) is 5.01. The first-order valence-electron chi connectivity index (χ1n) is 9.35. The van der Waals surface area contributed by atoms with Gasteiger partial charge < -0.3 is 19.0 Å². The molecule has 0 spiro atoms. The molecule has 144 valence electrons. The Kier molecular flexibility index (Phi) is 5.02. The van der Waals surface area contributed by atoms with Crippen molar-refractivity contribution < 1.29 is 13.9 Å². The summed E-state index contributed by atoms with van der Waals surface area (Å²) in [6.07, 6.45) is 0. The molecule has 1 aliphatic heterocycles. The highest BCUT2D eigenvalue weighted by Crippen LogP contribution is 2.22. The van der Waals surface area contributed by atoms with E-state index < -0.39 is 5.63 Å². The zero-order valence-electron chi connectivity index (χ0n) is 15.8. The smallest absolute Gasteiger partial charge is 0.336 e. The fourth-order valence-electron chi connectivity index (χ4n) is 3.48. The number of benzene rings is 2. The largest absolute Gasteiger partial charge is 0.484 e. The molecule has 0 unspecified atom stereocenters. The number of para-hydroxylation sites is 1. The Morgan fingerprint density at radius 2 is 1.79 bits per heavy atom. The molecule has 1 aromatic heterocycles. The SMILES string of the molecule is Cc1ccccc1N1CCN(C(=O)COc2ccc3ccc(=O)oc3c2)CC1. The molecular weight excluding hydrogens is 356 g/mol. The van der Waals surface area contributed by atoms with Crippen LogP contribution in [0.5, 0.6) is 5.75 Å². The lowest BCUT2D eigenvalue weighted by Crippen LogP contribution is -2.50. The maximum Gasteiger partial charge on any atom is 0.336 e. The van der Waals surface area contributed by atoms with Crippen LogP contribution in [-0.2, 0) is 4.79 Å². The minimum absolute atomic E-state index is 0.0348. The molecule has 1 saturated heterocycles. The van der Waals surface area contributed by atoms with Gasteiger partial charge in [0.25, 0.3) is 5.91 Å². The number of rotatable bonds is 4. The van der Waals surface area contributed by atoms with Crippen LogP contribution in [0, 0.1) is 6.92 Å². The van der Waals surface area contributed by atoms with E-state index in [9.17, 15) is 9.59 Å². The number of fused-ring (bicyclic) bond motifs is 1. The standard InChI is InChI=1S/C22H22N2O4/c1-16-4-2-3-5-19(16)23-10-12-24(13-11-23)21(25)15-27-18-8-6-17-7-9-22(26)28-20(17)14-18/h2-9,14H,10-13,15H2,1H3. The second-order valence-corrected chi connectivity index (χ2v) is 6.90. The van der Waals surface area contributed by atoms with Crippen molar-refractivity contribution in [1.29, 1.82) is 0 Å². The molecule has 6 nitrogen and oxygen atoms in total. The molecule has 6 heteroatoms. The minimum atomic E-state index is -0.410. The molecule has 0 N–H and O–H groups in total. The minimum Gasteiger partial charge on any atom is -0.484 e. The highest BCUT2D eigenvalue weighted by Gasteiger charge is 2.22. The second kappa shape index (κ2) is 7.76. The molecule has 3 aromatic rings. The van der Waals surface area contributed by atoms with E-state index in [0.717, 1.165) is 18.5 Å². The van der Waals surface area contributed by atoms with Crippen molar-refractivity contribution in [1.82, 2.24) is 4.90 Å². The van der Waals surface area contributed by atoms with Gasteiger partial charge in [0, 0.05) is 49.4 Å². The Morgan fingerprint density at radius 3 is 2.57 bits per heavy atom. The van der Waals surface area contributed by atoms with Crippen molar-refractivity contribution in [3.05, 3.63) is 70.6 Å². The number of piperazine rings is 1. The van der Waals surface area contributed by atoms with Crippen LogP contribution in [0.2, 0.25) is 0 Å². The Balaban J connectivity index is 1.34. The molecule has 4 rings (SSSR count). The van der Waals surface area contributed by atoms with Gasteiger partial charge in [0.1, 0.15) is 11.3 Å². The maximum atomic E-state index is 12.5. The molecule has 1 aliphatic rings. The van der Waals surface area contributed by atoms with Crippen molar-refractivity contribution >= 4 is 22.6 Å². The molecule has 1 amide bonds. The predicted molar refractivity (Wildman–Crippen MR) is 108 cm³/mol. The van der Waals surface area contributed by atoms with Gasteiger partial charge in [0.2, 0.25) is 0 Å². The van der Waals surface area contributed by atoms with E-state index in [1.165, 1.54) is 17.3 Å². The van der Waals surface area contributed by atoms with Gasteiger partial charge in [-0.25, -0.2) is 4.79 Å². The molecule has 2 heterocycles. The Bertz CT molecular complexity index is 1050. The topological polar surface area (TPSA) is 63.0 Å². The first kappa shape index (κ1) is 18.1. The average molecular weight is 378 g/mol. The van der Waals surface area contributed by atoms with Crippen molar-refractivity contribution in [2.24, 2.45) is 0 Å². The maximum absolute atomic E-state index is 12.5. The molecule has 0 saturated carbocycles. The van der Waals surface area contributed by atoms with Crippen LogP contribution in [-0.4, -0.2) is 43.6 Å². The van der Waals surface area contributed by atoms with Gasteiger partial charge in [-0.1, -0.05) is 18.2 Å². The molecule has 2 aromatic carbocycles. The zero-order valence-corrected chi connectivity index (χ0v) is 15.8. The first-order valence-corrected chi connectivity index (χ1v) is 9.35. The summed E-state index contributed by atoms with van der Waals surface area (Å²) in [5.74, 6) is 0.466. The van der Waals surface area contributed by atoms with Crippen LogP contribution in [0.25, 0.3) is 11.0 Å². The Labute approximate surface area is 162 Å². The lowest BCUT2D eigenvalue weighted by atomic mass is 10.1. The molecule has 0 aliphatic carbocycles. The molecule has 0 bridgehead atoms. The quantitative estimate of drug-likeness (QED) is 0.654. The number of carbonyl (C=O) groups excluding carboxylic acids is 1. The third-order valence-corrected chi connectivity index (χ3v) is 5.05. The lowest BCUT2D eigenvalue weighted by molar-refractivity contribution is -0.133. The number of nitrogens with zero attached hydrogens (tertiary/aromatic N) is 2. The van der Waals surface area contributed by atoms with Crippen LogP contribution < -0.4 is 15.3 Å². The summed E-state index contributed by atoms with van der Waals surface area (Å²) in [7, 11) is 0. The van der Waals surface area contributed by atoms with Gasteiger partial charge >= 0.3 is 5.63 Å². The number of amides is 1. The van der Waals surface area contributed by atoms with E-state index in [-0.39, 0.29) is 12.5 Å². The van der Waals surface area contributed by atoms with E-state index in [1.807, 2.05) is 17.0 Å². The van der Waals surface area contributed by atoms with Crippen molar-refractivity contribution in [2.45, 2.75) is 6.92 Å². The van der Waals surface area contributed by atoms with E-state index >= 15 is 0 Å². The Morgan fingerprint density at radius 1 is 1.04 bits per heavy atom. The summed E-state index contributed by atoms with van der Waals surface area (Å²) in [4.78, 5) is 28.0. The predicted octanol–water partition coefficient (Wildman–Crippen LogP) is 2.83. The van der Waals surface area contributed by atoms with E-state index in [4.69, 9.17) is 9.15 Å². The van der Waals surface area contributed by atoms with Gasteiger partial charge in [-0.05, 0) is 36.8 Å². The van der Waals surface area contributed by atoms with Gasteiger partial charge in [-0.15, -0.1) is 0 Å². The molecule has 28 heavy (non-hydrogen) atoms. The van der Waals surface area contributed by atoms with Gasteiger partial charge in [-0.2, -0.15) is 0 Å². The number of ether oxygens (including phenoxy) is 1. The summed E-state index contributed by atoms with van der Waals surface area (Å²) < 4.78 is 10.8. The number of carbonyl (C=O) groups is 1. The molecule has 1 fully saturated rings. The van der Waals surface area contributed by atoms with Crippen LogP contribution in [0.3, 0.4) is 0 Å². The average Bonchev–Trinajstić information content (AvgIpc) is 2.72. The second-order valence-electron chi connectivity index (χ2n) is 6.90. The fourth-order valence-corrected chi connectivity index (χ4v) is 3.48.